The summed E-state index contributed by atoms with van der Waals surface area (Å²) in [6.07, 6.45) is 1.48. The highest BCUT2D eigenvalue weighted by molar-refractivity contribution is 5.97. The number of carbonyl (C=O) groups excluding carboxylic acids is 3. The Hall–Kier alpha value is -2.94. The smallest absolute Gasteiger partial charge is 0.287 e. The Labute approximate surface area is 175 Å². The van der Waals surface area contributed by atoms with Gasteiger partial charge in [-0.1, -0.05) is 26.0 Å². The summed E-state index contributed by atoms with van der Waals surface area (Å²) in [6, 6.07) is 5.96. The van der Waals surface area contributed by atoms with Gasteiger partial charge in [0.05, 0.1) is 23.7 Å². The largest absolute Gasteiger partial charge is 0.394 e. The van der Waals surface area contributed by atoms with Crippen molar-refractivity contribution in [2.24, 2.45) is 11.8 Å². The van der Waals surface area contributed by atoms with Crippen molar-refractivity contribution in [3.8, 4) is 0 Å². The number of fused-ring (bicyclic) bond motifs is 1. The monoisotopic (exact) mass is 415 g/mol. The Morgan fingerprint density at radius 2 is 2.03 bits per heavy atom. The molecule has 0 bridgehead atoms. The number of aliphatic hydroxyl groups excluding tert-OH is 1. The quantitative estimate of drug-likeness (QED) is 0.411. The molecular formula is C21H29N5O4. The van der Waals surface area contributed by atoms with Crippen LogP contribution in [0, 0.1) is 11.8 Å². The Balaban J connectivity index is 1.66. The number of rotatable bonds is 9. The molecule has 3 rings (SSSR count). The van der Waals surface area contributed by atoms with Gasteiger partial charge < -0.3 is 26.0 Å². The van der Waals surface area contributed by atoms with Crippen LogP contribution >= 0.6 is 0 Å². The number of nitrogens with zero attached hydrogens (tertiary/aromatic N) is 1. The van der Waals surface area contributed by atoms with E-state index in [1.807, 2.05) is 32.0 Å². The first-order valence-corrected chi connectivity index (χ1v) is 10.3. The summed E-state index contributed by atoms with van der Waals surface area (Å²) >= 11 is 0. The van der Waals surface area contributed by atoms with E-state index in [0.29, 0.717) is 31.3 Å². The van der Waals surface area contributed by atoms with Gasteiger partial charge in [-0.3, -0.25) is 14.4 Å². The molecule has 0 spiro atoms. The van der Waals surface area contributed by atoms with Crippen molar-refractivity contribution in [2.75, 3.05) is 13.2 Å². The van der Waals surface area contributed by atoms with Crippen LogP contribution in [0.3, 0.4) is 0 Å². The number of hydrogen-bond acceptors (Lipinski definition) is 5. The number of hydrogen-bond donors (Lipinski definition) is 5. The standard InChI is InChI=1S/C21H29N5O4/c1-12(2)9-17(20(29)23-14(11-27)10-13-7-8-22-19(13)28)26-21(30)18-24-15-5-3-4-6-16(15)25-18/h3-6,12-14,17,27H,7-11H2,1-2H3,(H,22,28)(H,23,29)(H,24,25)(H,26,30)/t13-,14-,17-/m0/s1. The first-order chi connectivity index (χ1) is 14.4. The molecule has 3 atom stereocenters. The molecule has 9 heteroatoms. The third kappa shape index (κ3) is 5.35. The second-order valence-corrected chi connectivity index (χ2v) is 8.16. The molecule has 1 aromatic carbocycles. The van der Waals surface area contributed by atoms with E-state index in [2.05, 4.69) is 25.9 Å². The molecule has 1 aliphatic heterocycles. The number of aromatic nitrogens is 2. The number of aliphatic hydroxyl groups is 1. The number of carbonyl (C=O) groups is 3. The van der Waals surface area contributed by atoms with Crippen molar-refractivity contribution in [3.05, 3.63) is 30.1 Å². The van der Waals surface area contributed by atoms with Crippen LogP contribution in [0.5, 0.6) is 0 Å². The lowest BCUT2D eigenvalue weighted by Crippen LogP contribution is -2.51. The molecule has 9 nitrogen and oxygen atoms in total. The maximum absolute atomic E-state index is 12.9. The number of para-hydroxylation sites is 2. The van der Waals surface area contributed by atoms with E-state index in [4.69, 9.17) is 0 Å². The molecule has 2 heterocycles. The maximum Gasteiger partial charge on any atom is 0.287 e. The average Bonchev–Trinajstić information content (AvgIpc) is 3.32. The summed E-state index contributed by atoms with van der Waals surface area (Å²) in [7, 11) is 0. The van der Waals surface area contributed by atoms with Crippen LogP contribution in [0.1, 0.15) is 43.7 Å². The second kappa shape index (κ2) is 9.71. The zero-order chi connectivity index (χ0) is 21.7. The highest BCUT2D eigenvalue weighted by Gasteiger charge is 2.30. The summed E-state index contributed by atoms with van der Waals surface area (Å²) in [5.74, 6) is -0.840. The summed E-state index contributed by atoms with van der Waals surface area (Å²) < 4.78 is 0. The number of amides is 3. The zero-order valence-electron chi connectivity index (χ0n) is 17.3. The fraction of sp³-hybridized carbons (Fsp3) is 0.524. The molecule has 30 heavy (non-hydrogen) atoms. The minimum Gasteiger partial charge on any atom is -0.394 e. The molecular weight excluding hydrogens is 386 g/mol. The van der Waals surface area contributed by atoms with E-state index in [-0.39, 0.29) is 36.1 Å². The van der Waals surface area contributed by atoms with E-state index in [1.54, 1.807) is 6.07 Å². The predicted molar refractivity (Wildman–Crippen MR) is 112 cm³/mol. The molecule has 0 saturated carbocycles. The Morgan fingerprint density at radius 3 is 2.67 bits per heavy atom. The third-order valence-electron chi connectivity index (χ3n) is 5.23. The van der Waals surface area contributed by atoms with Crippen molar-refractivity contribution in [1.29, 1.82) is 0 Å². The minimum atomic E-state index is -0.780. The predicted octanol–water partition coefficient (Wildman–Crippen LogP) is 0.711. The molecule has 1 aromatic heterocycles. The Morgan fingerprint density at radius 1 is 1.27 bits per heavy atom. The number of aromatic amines is 1. The summed E-state index contributed by atoms with van der Waals surface area (Å²) in [5, 5.41) is 18.0. The van der Waals surface area contributed by atoms with Gasteiger partial charge in [-0.25, -0.2) is 4.98 Å². The first kappa shape index (κ1) is 21.8. The van der Waals surface area contributed by atoms with Crippen LogP contribution in [0.4, 0.5) is 0 Å². The van der Waals surface area contributed by atoms with Gasteiger partial charge in [-0.2, -0.15) is 0 Å². The fourth-order valence-corrected chi connectivity index (χ4v) is 3.68. The molecule has 0 aliphatic carbocycles. The van der Waals surface area contributed by atoms with Crippen LogP contribution < -0.4 is 16.0 Å². The Kier molecular flexibility index (Phi) is 7.04. The molecule has 0 radical (unpaired) electrons. The van der Waals surface area contributed by atoms with Gasteiger partial charge in [-0.05, 0) is 37.3 Å². The van der Waals surface area contributed by atoms with Crippen molar-refractivity contribution in [2.45, 2.75) is 45.2 Å². The number of benzene rings is 1. The molecule has 1 saturated heterocycles. The summed E-state index contributed by atoms with van der Waals surface area (Å²) in [4.78, 5) is 44.6. The number of nitrogens with one attached hydrogen (secondary N) is 4. The van der Waals surface area contributed by atoms with E-state index < -0.39 is 18.0 Å². The second-order valence-electron chi connectivity index (χ2n) is 8.16. The molecule has 1 fully saturated rings. The van der Waals surface area contributed by atoms with Crippen LogP contribution in [0.15, 0.2) is 24.3 Å². The zero-order valence-corrected chi connectivity index (χ0v) is 17.3. The molecule has 3 amide bonds. The van der Waals surface area contributed by atoms with E-state index in [0.717, 1.165) is 5.52 Å². The van der Waals surface area contributed by atoms with Crippen LogP contribution in [0.2, 0.25) is 0 Å². The number of imidazole rings is 1. The van der Waals surface area contributed by atoms with Gasteiger partial charge >= 0.3 is 0 Å². The van der Waals surface area contributed by atoms with Crippen LogP contribution in [0.25, 0.3) is 11.0 Å². The summed E-state index contributed by atoms with van der Waals surface area (Å²) in [6.45, 7) is 4.25. The third-order valence-corrected chi connectivity index (χ3v) is 5.23. The lowest BCUT2D eigenvalue weighted by molar-refractivity contribution is -0.126. The maximum atomic E-state index is 12.9. The molecule has 162 valence electrons. The van der Waals surface area contributed by atoms with Gasteiger partial charge in [0, 0.05) is 12.5 Å². The van der Waals surface area contributed by atoms with E-state index in [1.165, 1.54) is 0 Å². The number of H-pyrrole nitrogens is 1. The minimum absolute atomic E-state index is 0.0559. The van der Waals surface area contributed by atoms with Gasteiger partial charge in [0.2, 0.25) is 11.8 Å². The highest BCUT2D eigenvalue weighted by atomic mass is 16.3. The normalized spacial score (nSPS) is 18.3. The van der Waals surface area contributed by atoms with Crippen molar-refractivity contribution >= 4 is 28.8 Å². The molecule has 5 N–H and O–H groups in total. The summed E-state index contributed by atoms with van der Waals surface area (Å²) in [5.41, 5.74) is 1.41. The Bertz CT molecular complexity index is 877. The van der Waals surface area contributed by atoms with Crippen molar-refractivity contribution < 1.29 is 19.5 Å². The van der Waals surface area contributed by atoms with Gasteiger partial charge in [0.1, 0.15) is 6.04 Å². The van der Waals surface area contributed by atoms with Crippen molar-refractivity contribution in [3.63, 3.8) is 0 Å². The topological polar surface area (TPSA) is 136 Å². The van der Waals surface area contributed by atoms with Gasteiger partial charge in [0.25, 0.3) is 5.91 Å². The molecule has 0 unspecified atom stereocenters. The van der Waals surface area contributed by atoms with Crippen LogP contribution in [-0.4, -0.2) is 58.0 Å². The van der Waals surface area contributed by atoms with Gasteiger partial charge in [-0.15, -0.1) is 0 Å². The lowest BCUT2D eigenvalue weighted by atomic mass is 9.97. The van der Waals surface area contributed by atoms with E-state index in [9.17, 15) is 19.5 Å². The first-order valence-electron chi connectivity index (χ1n) is 10.3. The fourth-order valence-electron chi connectivity index (χ4n) is 3.68. The van der Waals surface area contributed by atoms with Gasteiger partial charge in [0.15, 0.2) is 5.82 Å². The highest BCUT2D eigenvalue weighted by Crippen LogP contribution is 2.17. The SMILES string of the molecule is CC(C)C[C@H](NC(=O)c1nc2ccccc2[nH]1)C(=O)N[C@H](CO)C[C@@H]1CCNC1=O. The average molecular weight is 415 g/mol. The van der Waals surface area contributed by atoms with Crippen molar-refractivity contribution in [1.82, 2.24) is 25.9 Å². The lowest BCUT2D eigenvalue weighted by Gasteiger charge is -2.24. The molecule has 1 aliphatic rings. The van der Waals surface area contributed by atoms with Crippen LogP contribution in [-0.2, 0) is 9.59 Å². The van der Waals surface area contributed by atoms with E-state index >= 15 is 0 Å². The molecule has 2 aromatic rings.